The van der Waals surface area contributed by atoms with E-state index in [2.05, 4.69) is 30.8 Å². The third-order valence-corrected chi connectivity index (χ3v) is 3.25. The fourth-order valence-corrected chi connectivity index (χ4v) is 1.82. The van der Waals surface area contributed by atoms with E-state index in [1.165, 1.54) is 12.1 Å². The van der Waals surface area contributed by atoms with Crippen LogP contribution in [-0.4, -0.2) is 24.1 Å². The third-order valence-electron chi connectivity index (χ3n) is 3.25. The van der Waals surface area contributed by atoms with Crippen molar-refractivity contribution < 1.29 is 5.21 Å². The Morgan fingerprint density at radius 2 is 1.94 bits per heavy atom. The molecule has 0 heterocycles. The highest BCUT2D eigenvalue weighted by Crippen LogP contribution is 2.17. The first-order valence-corrected chi connectivity index (χ1v) is 6.45. The summed E-state index contributed by atoms with van der Waals surface area (Å²) in [6.45, 7) is 8.65. The maximum Gasteiger partial charge on any atom is 0.170 e. The predicted molar refractivity (Wildman–Crippen MR) is 76.3 cm³/mol. The van der Waals surface area contributed by atoms with Crippen LogP contribution < -0.4 is 10.6 Å². The highest BCUT2D eigenvalue weighted by Gasteiger charge is 2.08. The van der Waals surface area contributed by atoms with Crippen molar-refractivity contribution in [2.75, 3.05) is 18.0 Å². The van der Waals surface area contributed by atoms with Gasteiger partial charge in [0.05, 0.1) is 0 Å². The minimum absolute atomic E-state index is 0.145. The molecule has 1 rings (SSSR count). The van der Waals surface area contributed by atoms with Crippen LogP contribution in [0, 0.1) is 5.92 Å². The lowest BCUT2D eigenvalue weighted by Crippen LogP contribution is -2.28. The van der Waals surface area contributed by atoms with E-state index in [-0.39, 0.29) is 5.84 Å². The van der Waals surface area contributed by atoms with Crippen molar-refractivity contribution in [3.8, 4) is 0 Å². The summed E-state index contributed by atoms with van der Waals surface area (Å²) in [5, 5.41) is 11.6. The highest BCUT2D eigenvalue weighted by molar-refractivity contribution is 5.97. The van der Waals surface area contributed by atoms with Crippen LogP contribution >= 0.6 is 0 Å². The van der Waals surface area contributed by atoms with Crippen molar-refractivity contribution in [2.24, 2.45) is 16.8 Å². The number of hydrogen-bond acceptors (Lipinski definition) is 3. The number of nitrogens with two attached hydrogens (primary N) is 1. The van der Waals surface area contributed by atoms with Crippen LogP contribution in [-0.2, 0) is 0 Å². The molecule has 1 unspecified atom stereocenters. The molecule has 0 spiro atoms. The predicted octanol–water partition coefficient (Wildman–Crippen LogP) is 2.65. The zero-order valence-corrected chi connectivity index (χ0v) is 11.4. The van der Waals surface area contributed by atoms with Crippen molar-refractivity contribution in [3.05, 3.63) is 29.8 Å². The zero-order chi connectivity index (χ0) is 13.5. The smallest absolute Gasteiger partial charge is 0.170 e. The summed E-state index contributed by atoms with van der Waals surface area (Å²) in [7, 11) is 0. The number of amidine groups is 1. The summed E-state index contributed by atoms with van der Waals surface area (Å²) in [6.07, 6.45) is 1.18. The Kier molecular flexibility index (Phi) is 5.49. The first-order chi connectivity index (χ1) is 8.62. The Hall–Kier alpha value is -1.71. The van der Waals surface area contributed by atoms with Gasteiger partial charge < -0.3 is 15.8 Å². The lowest BCUT2D eigenvalue weighted by Gasteiger charge is -2.26. The number of nitrogens with zero attached hydrogens (tertiary/aromatic N) is 2. The van der Waals surface area contributed by atoms with Crippen LogP contribution in [0.1, 0.15) is 32.8 Å². The molecule has 0 aliphatic carbocycles. The quantitative estimate of drug-likeness (QED) is 0.352. The van der Waals surface area contributed by atoms with Crippen LogP contribution in [0.4, 0.5) is 5.69 Å². The van der Waals surface area contributed by atoms with Crippen LogP contribution in [0.25, 0.3) is 0 Å². The van der Waals surface area contributed by atoms with Gasteiger partial charge in [0.15, 0.2) is 5.84 Å². The van der Waals surface area contributed by atoms with E-state index in [1.807, 2.05) is 24.3 Å². The maximum atomic E-state index is 8.62. The van der Waals surface area contributed by atoms with Crippen molar-refractivity contribution >= 4 is 11.5 Å². The summed E-state index contributed by atoms with van der Waals surface area (Å²) in [4.78, 5) is 2.34. The molecule has 4 nitrogen and oxygen atoms in total. The fraction of sp³-hybridized carbons (Fsp3) is 0.500. The molecule has 0 saturated heterocycles. The number of oxime groups is 1. The first kappa shape index (κ1) is 14.4. The van der Waals surface area contributed by atoms with Gasteiger partial charge in [0.2, 0.25) is 0 Å². The van der Waals surface area contributed by atoms with E-state index in [0.29, 0.717) is 5.92 Å². The average Bonchev–Trinajstić information content (AvgIpc) is 2.43. The van der Waals surface area contributed by atoms with E-state index >= 15 is 0 Å². The molecule has 0 aromatic heterocycles. The minimum Gasteiger partial charge on any atom is -0.409 e. The van der Waals surface area contributed by atoms with Gasteiger partial charge in [0.1, 0.15) is 0 Å². The maximum absolute atomic E-state index is 8.62. The zero-order valence-electron chi connectivity index (χ0n) is 11.4. The number of anilines is 1. The topological polar surface area (TPSA) is 61.8 Å². The molecule has 4 heteroatoms. The molecule has 1 aromatic carbocycles. The molecule has 0 fully saturated rings. The standard InChI is InChI=1S/C14H23N3O/c1-4-11(3)10-17(5-2)13-8-6-12(7-9-13)14(15)16-18/h6-9,11,18H,4-5,10H2,1-3H3,(H2,15,16). The second-order valence-electron chi connectivity index (χ2n) is 4.58. The monoisotopic (exact) mass is 249 g/mol. The molecule has 0 amide bonds. The second-order valence-corrected chi connectivity index (χ2v) is 4.58. The molecule has 0 radical (unpaired) electrons. The SMILES string of the molecule is CCC(C)CN(CC)c1ccc(C(N)=NO)cc1. The molecular formula is C14H23N3O. The first-order valence-electron chi connectivity index (χ1n) is 6.45. The van der Waals surface area contributed by atoms with Gasteiger partial charge in [-0.2, -0.15) is 0 Å². The molecule has 3 N–H and O–H groups in total. The van der Waals surface area contributed by atoms with Gasteiger partial charge in [-0.3, -0.25) is 0 Å². The largest absolute Gasteiger partial charge is 0.409 e. The van der Waals surface area contributed by atoms with Crippen LogP contribution in [0.3, 0.4) is 0 Å². The third kappa shape index (κ3) is 3.65. The summed E-state index contributed by atoms with van der Waals surface area (Å²) < 4.78 is 0. The average molecular weight is 249 g/mol. The van der Waals surface area contributed by atoms with E-state index in [4.69, 9.17) is 10.9 Å². The highest BCUT2D eigenvalue weighted by atomic mass is 16.4. The van der Waals surface area contributed by atoms with Crippen LogP contribution in [0.2, 0.25) is 0 Å². The summed E-state index contributed by atoms with van der Waals surface area (Å²) in [5.41, 5.74) is 7.45. The van der Waals surface area contributed by atoms with Crippen LogP contribution in [0.5, 0.6) is 0 Å². The fourth-order valence-electron chi connectivity index (χ4n) is 1.82. The molecular weight excluding hydrogens is 226 g/mol. The number of rotatable bonds is 6. The minimum atomic E-state index is 0.145. The Balaban J connectivity index is 2.82. The molecule has 0 aliphatic rings. The van der Waals surface area contributed by atoms with Crippen molar-refractivity contribution in [1.29, 1.82) is 0 Å². The van der Waals surface area contributed by atoms with Gasteiger partial charge in [-0.25, -0.2) is 0 Å². The Labute approximate surface area is 109 Å². The van der Waals surface area contributed by atoms with Gasteiger partial charge in [-0.15, -0.1) is 0 Å². The summed E-state index contributed by atoms with van der Waals surface area (Å²) in [5.74, 6) is 0.820. The number of benzene rings is 1. The molecule has 1 atom stereocenters. The molecule has 0 aliphatic heterocycles. The Bertz CT molecular complexity index is 387. The van der Waals surface area contributed by atoms with Crippen LogP contribution in [0.15, 0.2) is 29.4 Å². The lowest BCUT2D eigenvalue weighted by atomic mass is 10.1. The van der Waals surface area contributed by atoms with Gasteiger partial charge in [0.25, 0.3) is 0 Å². The molecule has 100 valence electrons. The summed E-state index contributed by atoms with van der Waals surface area (Å²) >= 11 is 0. The van der Waals surface area contributed by atoms with E-state index < -0.39 is 0 Å². The molecule has 18 heavy (non-hydrogen) atoms. The lowest BCUT2D eigenvalue weighted by molar-refractivity contribution is 0.318. The molecule has 1 aromatic rings. The Morgan fingerprint density at radius 1 is 1.33 bits per heavy atom. The van der Waals surface area contributed by atoms with E-state index in [9.17, 15) is 0 Å². The Morgan fingerprint density at radius 3 is 2.39 bits per heavy atom. The molecule has 0 saturated carbocycles. The van der Waals surface area contributed by atoms with Crippen molar-refractivity contribution in [1.82, 2.24) is 0 Å². The summed E-state index contributed by atoms with van der Waals surface area (Å²) in [6, 6.07) is 7.78. The van der Waals surface area contributed by atoms with E-state index in [0.717, 1.165) is 18.7 Å². The van der Waals surface area contributed by atoms with Gasteiger partial charge in [0, 0.05) is 24.3 Å². The van der Waals surface area contributed by atoms with E-state index in [1.54, 1.807) is 0 Å². The van der Waals surface area contributed by atoms with Crippen molar-refractivity contribution in [3.63, 3.8) is 0 Å². The van der Waals surface area contributed by atoms with Crippen molar-refractivity contribution in [2.45, 2.75) is 27.2 Å². The normalized spacial score (nSPS) is 13.4. The second kappa shape index (κ2) is 6.89. The number of hydrogen-bond donors (Lipinski definition) is 2. The van der Waals surface area contributed by atoms with Gasteiger partial charge >= 0.3 is 0 Å². The van der Waals surface area contributed by atoms with Gasteiger partial charge in [-0.05, 0) is 37.1 Å². The molecule has 0 bridgehead atoms. The van der Waals surface area contributed by atoms with Gasteiger partial charge in [-0.1, -0.05) is 25.4 Å².